The molecule has 0 atom stereocenters. The Morgan fingerprint density at radius 3 is 1.76 bits per heavy atom. The van der Waals surface area contributed by atoms with Crippen LogP contribution in [0.15, 0.2) is 121 Å². The van der Waals surface area contributed by atoms with E-state index in [9.17, 15) is 10.0 Å². The molecule has 37 heavy (non-hydrogen) atoms. The molecule has 0 saturated carbocycles. The van der Waals surface area contributed by atoms with E-state index >= 15 is 0 Å². The van der Waals surface area contributed by atoms with Crippen LogP contribution in [0.1, 0.15) is 25.0 Å². The van der Waals surface area contributed by atoms with E-state index in [1.807, 2.05) is 30.3 Å². The van der Waals surface area contributed by atoms with Gasteiger partial charge in [0.25, 0.3) is 0 Å². The largest absolute Gasteiger partial charge is 0.488 e. The Morgan fingerprint density at radius 1 is 0.541 bits per heavy atom. The first-order valence-electron chi connectivity index (χ1n) is 12.6. The summed E-state index contributed by atoms with van der Waals surface area (Å²) in [5.41, 5.74) is 11.3. The highest BCUT2D eigenvalue weighted by atomic mass is 16.4. The average Bonchev–Trinajstić information content (AvgIpc) is 3.17. The van der Waals surface area contributed by atoms with Crippen molar-refractivity contribution in [3.05, 3.63) is 132 Å². The van der Waals surface area contributed by atoms with Crippen molar-refractivity contribution in [2.24, 2.45) is 0 Å². The van der Waals surface area contributed by atoms with E-state index in [0.717, 1.165) is 17.1 Å². The zero-order valence-electron chi connectivity index (χ0n) is 21.0. The predicted molar refractivity (Wildman–Crippen MR) is 154 cm³/mol. The molecule has 1 aliphatic carbocycles. The molecule has 180 valence electrons. The van der Waals surface area contributed by atoms with E-state index in [1.54, 1.807) is 12.1 Å². The lowest BCUT2D eigenvalue weighted by Crippen LogP contribution is -2.29. The minimum atomic E-state index is -1.48. The fraction of sp³-hybridized carbons (Fsp3) is 0.0909. The molecule has 0 bridgehead atoms. The van der Waals surface area contributed by atoms with Gasteiger partial charge in [-0.2, -0.15) is 0 Å². The second-order valence-corrected chi connectivity index (χ2v) is 10.1. The quantitative estimate of drug-likeness (QED) is 0.271. The highest BCUT2D eigenvalue weighted by Crippen LogP contribution is 2.52. The van der Waals surface area contributed by atoms with Gasteiger partial charge in [0, 0.05) is 22.5 Å². The summed E-state index contributed by atoms with van der Waals surface area (Å²) in [5, 5.41) is 19.1. The van der Waals surface area contributed by atoms with E-state index in [-0.39, 0.29) is 5.41 Å². The normalized spacial score (nSPS) is 13.1. The number of fused-ring (bicyclic) bond motifs is 3. The maximum atomic E-state index is 9.53. The van der Waals surface area contributed by atoms with E-state index in [1.165, 1.54) is 33.4 Å². The molecule has 0 saturated heterocycles. The molecule has 0 spiro atoms. The average molecular weight is 481 g/mol. The number of rotatable bonds is 5. The van der Waals surface area contributed by atoms with E-state index < -0.39 is 7.12 Å². The van der Waals surface area contributed by atoms with Crippen molar-refractivity contribution in [2.75, 3.05) is 4.90 Å². The third kappa shape index (κ3) is 3.95. The van der Waals surface area contributed by atoms with E-state index in [0.29, 0.717) is 5.46 Å². The summed E-state index contributed by atoms with van der Waals surface area (Å²) in [5.74, 6) is 0. The predicted octanol–water partition coefficient (Wildman–Crippen LogP) is 6.81. The molecule has 0 aliphatic heterocycles. The van der Waals surface area contributed by atoms with Crippen LogP contribution >= 0.6 is 0 Å². The van der Waals surface area contributed by atoms with Gasteiger partial charge in [-0.3, -0.25) is 0 Å². The molecule has 0 radical (unpaired) electrons. The lowest BCUT2D eigenvalue weighted by molar-refractivity contribution is 0.426. The van der Waals surface area contributed by atoms with Crippen LogP contribution in [0.4, 0.5) is 17.1 Å². The van der Waals surface area contributed by atoms with E-state index in [4.69, 9.17) is 0 Å². The van der Waals surface area contributed by atoms with Crippen LogP contribution in [0.2, 0.25) is 0 Å². The maximum Gasteiger partial charge on any atom is 0.488 e. The molecule has 5 aromatic rings. The molecule has 3 nitrogen and oxygen atoms in total. The van der Waals surface area contributed by atoms with E-state index in [2.05, 4.69) is 97.6 Å². The Hall–Kier alpha value is -4.12. The van der Waals surface area contributed by atoms with Crippen molar-refractivity contribution in [1.82, 2.24) is 0 Å². The molecule has 4 heteroatoms. The minimum Gasteiger partial charge on any atom is -0.423 e. The van der Waals surface area contributed by atoms with Crippen molar-refractivity contribution >= 4 is 29.6 Å². The van der Waals surface area contributed by atoms with Crippen molar-refractivity contribution < 1.29 is 10.0 Å². The van der Waals surface area contributed by atoms with Crippen molar-refractivity contribution in [3.8, 4) is 22.3 Å². The monoisotopic (exact) mass is 481 g/mol. The van der Waals surface area contributed by atoms with Gasteiger partial charge < -0.3 is 14.9 Å². The number of nitrogens with zero attached hydrogens (tertiary/aromatic N) is 1. The number of hydrogen-bond donors (Lipinski definition) is 2. The Bertz CT molecular complexity index is 1560. The molecule has 0 unspecified atom stereocenters. The molecule has 1 aliphatic rings. The van der Waals surface area contributed by atoms with Crippen molar-refractivity contribution in [1.29, 1.82) is 0 Å². The van der Waals surface area contributed by atoms with Crippen LogP contribution in [0.3, 0.4) is 0 Å². The van der Waals surface area contributed by atoms with Crippen LogP contribution in [0.5, 0.6) is 0 Å². The summed E-state index contributed by atoms with van der Waals surface area (Å²) < 4.78 is 0. The number of anilines is 3. The molecule has 0 fully saturated rings. The topological polar surface area (TPSA) is 43.7 Å². The molecule has 0 amide bonds. The molecular formula is C33H28BNO2. The van der Waals surface area contributed by atoms with Gasteiger partial charge in [-0.25, -0.2) is 0 Å². The Balaban J connectivity index is 1.43. The molecule has 5 aromatic carbocycles. The van der Waals surface area contributed by atoms with Gasteiger partial charge in [-0.1, -0.05) is 98.8 Å². The summed E-state index contributed by atoms with van der Waals surface area (Å²) in [6, 6.07) is 41.6. The first-order chi connectivity index (χ1) is 17.9. The standard InChI is InChI=1S/C33H28BNO2/c1-33(2)30-13-7-6-11-29(30)32-28(12-8-14-31(32)33)23-15-19-26(20-16-23)35(25-9-4-3-5-10-25)27-21-17-24(18-22-27)34(36)37/h3-22,36-37H,1-2H3. The smallest absolute Gasteiger partial charge is 0.423 e. The van der Waals surface area contributed by atoms with Gasteiger partial charge in [0.15, 0.2) is 0 Å². The number of para-hydroxylation sites is 1. The summed E-state index contributed by atoms with van der Waals surface area (Å²) in [6.07, 6.45) is 0. The highest BCUT2D eigenvalue weighted by Gasteiger charge is 2.36. The summed E-state index contributed by atoms with van der Waals surface area (Å²) in [7, 11) is -1.48. The second-order valence-electron chi connectivity index (χ2n) is 10.1. The minimum absolute atomic E-state index is 0.0275. The third-order valence-electron chi connectivity index (χ3n) is 7.51. The van der Waals surface area contributed by atoms with Gasteiger partial charge in [0.2, 0.25) is 0 Å². The SMILES string of the molecule is CC1(C)c2ccccc2-c2c(-c3ccc(N(c4ccccc4)c4ccc(B(O)O)cc4)cc3)cccc21. The van der Waals surface area contributed by atoms with Gasteiger partial charge in [0.1, 0.15) is 0 Å². The van der Waals surface area contributed by atoms with Crippen molar-refractivity contribution in [3.63, 3.8) is 0 Å². The lowest BCUT2D eigenvalue weighted by atomic mass is 9.80. The molecular weight excluding hydrogens is 453 g/mol. The molecule has 2 N–H and O–H groups in total. The van der Waals surface area contributed by atoms with Gasteiger partial charge in [0.05, 0.1) is 0 Å². The maximum absolute atomic E-state index is 9.53. The van der Waals surface area contributed by atoms with Crippen LogP contribution < -0.4 is 10.4 Å². The van der Waals surface area contributed by atoms with Gasteiger partial charge >= 0.3 is 7.12 Å². The Morgan fingerprint density at radius 2 is 1.08 bits per heavy atom. The highest BCUT2D eigenvalue weighted by molar-refractivity contribution is 6.58. The summed E-state index contributed by atoms with van der Waals surface area (Å²) in [6.45, 7) is 4.62. The van der Waals surface area contributed by atoms with Gasteiger partial charge in [-0.15, -0.1) is 0 Å². The summed E-state index contributed by atoms with van der Waals surface area (Å²) >= 11 is 0. The third-order valence-corrected chi connectivity index (χ3v) is 7.51. The second kappa shape index (κ2) is 9.08. The lowest BCUT2D eigenvalue weighted by Gasteiger charge is -2.26. The Labute approximate surface area is 218 Å². The fourth-order valence-corrected chi connectivity index (χ4v) is 5.60. The van der Waals surface area contributed by atoms with Crippen LogP contribution in [-0.2, 0) is 5.41 Å². The summed E-state index contributed by atoms with van der Waals surface area (Å²) in [4.78, 5) is 2.17. The zero-order valence-corrected chi connectivity index (χ0v) is 21.0. The number of benzene rings is 5. The van der Waals surface area contributed by atoms with Crippen molar-refractivity contribution in [2.45, 2.75) is 19.3 Å². The van der Waals surface area contributed by atoms with Crippen LogP contribution in [-0.4, -0.2) is 17.2 Å². The zero-order chi connectivity index (χ0) is 25.6. The Kier molecular flexibility index (Phi) is 5.71. The first kappa shape index (κ1) is 23.3. The van der Waals surface area contributed by atoms with Crippen LogP contribution in [0.25, 0.3) is 22.3 Å². The fourth-order valence-electron chi connectivity index (χ4n) is 5.60. The first-order valence-corrected chi connectivity index (χ1v) is 12.6. The number of hydrogen-bond acceptors (Lipinski definition) is 3. The molecule has 0 heterocycles. The molecule has 0 aromatic heterocycles. The molecule has 6 rings (SSSR count). The van der Waals surface area contributed by atoms with Crippen LogP contribution in [0, 0.1) is 0 Å². The van der Waals surface area contributed by atoms with Gasteiger partial charge in [-0.05, 0) is 75.2 Å².